The molecule has 0 aliphatic carbocycles. The van der Waals surface area contributed by atoms with Crippen LogP contribution in [-0.4, -0.2) is 35.2 Å². The predicted octanol–water partition coefficient (Wildman–Crippen LogP) is 2.66. The topological polar surface area (TPSA) is 23.5 Å². The second-order valence-corrected chi connectivity index (χ2v) is 6.05. The van der Waals surface area contributed by atoms with Crippen LogP contribution in [0.25, 0.3) is 0 Å². The quantitative estimate of drug-likeness (QED) is 0.779. The zero-order valence-electron chi connectivity index (χ0n) is 10.8. The fourth-order valence-electron chi connectivity index (χ4n) is 2.59. The van der Waals surface area contributed by atoms with Gasteiger partial charge in [0.2, 0.25) is 0 Å². The number of rotatable bonds is 3. The fourth-order valence-corrected chi connectivity index (χ4v) is 2.59. The van der Waals surface area contributed by atoms with Crippen LogP contribution in [-0.2, 0) is 0 Å². The Morgan fingerprint density at radius 3 is 2.53 bits per heavy atom. The monoisotopic (exact) mass is 213 g/mol. The molecule has 0 aromatic carbocycles. The van der Waals surface area contributed by atoms with Gasteiger partial charge in [-0.1, -0.05) is 27.2 Å². The highest BCUT2D eigenvalue weighted by atomic mass is 16.3. The number of aliphatic hydroxyl groups excluding tert-OH is 1. The summed E-state index contributed by atoms with van der Waals surface area (Å²) in [5, 5.41) is 9.35. The second-order valence-electron chi connectivity index (χ2n) is 6.05. The smallest absolute Gasteiger partial charge is 0.0524 e. The van der Waals surface area contributed by atoms with E-state index in [1.54, 1.807) is 0 Å². The van der Waals surface area contributed by atoms with Crippen LogP contribution in [0.1, 0.15) is 53.4 Å². The van der Waals surface area contributed by atoms with Crippen LogP contribution < -0.4 is 0 Å². The minimum Gasteiger partial charge on any atom is -0.393 e. The van der Waals surface area contributed by atoms with Crippen molar-refractivity contribution < 1.29 is 5.11 Å². The normalized spacial score (nSPS) is 26.6. The summed E-state index contributed by atoms with van der Waals surface area (Å²) >= 11 is 0. The van der Waals surface area contributed by atoms with Crippen LogP contribution in [0.3, 0.4) is 0 Å². The molecular weight excluding hydrogens is 186 g/mol. The number of aliphatic hydroxyl groups is 1. The molecule has 1 rings (SSSR count). The highest BCUT2D eigenvalue weighted by Crippen LogP contribution is 2.31. The van der Waals surface area contributed by atoms with E-state index in [-0.39, 0.29) is 6.10 Å². The summed E-state index contributed by atoms with van der Waals surface area (Å²) in [4.78, 5) is 2.58. The van der Waals surface area contributed by atoms with Crippen molar-refractivity contribution in [2.75, 3.05) is 13.1 Å². The Labute approximate surface area is 94.7 Å². The van der Waals surface area contributed by atoms with E-state index in [0.717, 1.165) is 13.0 Å². The van der Waals surface area contributed by atoms with Crippen LogP contribution in [0.2, 0.25) is 0 Å². The molecule has 0 radical (unpaired) electrons. The van der Waals surface area contributed by atoms with Crippen LogP contribution in [0.5, 0.6) is 0 Å². The van der Waals surface area contributed by atoms with Crippen molar-refractivity contribution in [1.82, 2.24) is 4.90 Å². The van der Waals surface area contributed by atoms with Gasteiger partial charge in [-0.3, -0.25) is 4.90 Å². The maximum absolute atomic E-state index is 9.35. The molecule has 2 nitrogen and oxygen atoms in total. The molecule has 2 heteroatoms. The third-order valence-corrected chi connectivity index (χ3v) is 3.45. The van der Waals surface area contributed by atoms with Crippen molar-refractivity contribution in [2.45, 2.75) is 65.5 Å². The van der Waals surface area contributed by atoms with E-state index in [4.69, 9.17) is 0 Å². The van der Waals surface area contributed by atoms with E-state index in [2.05, 4.69) is 25.7 Å². The standard InChI is InChI=1S/C13H27NO/c1-11(15)8-10-14-9-6-5-7-12(14)13(2,3)4/h11-12,15H,5-10H2,1-4H3. The average molecular weight is 213 g/mol. The molecule has 0 saturated carbocycles. The van der Waals surface area contributed by atoms with Gasteiger partial charge in [-0.05, 0) is 38.1 Å². The Morgan fingerprint density at radius 2 is 2.00 bits per heavy atom. The number of nitrogens with zero attached hydrogens (tertiary/aromatic N) is 1. The van der Waals surface area contributed by atoms with Gasteiger partial charge in [-0.25, -0.2) is 0 Å². The van der Waals surface area contributed by atoms with Crippen molar-refractivity contribution in [3.05, 3.63) is 0 Å². The summed E-state index contributed by atoms with van der Waals surface area (Å²) in [6.07, 6.45) is 4.77. The van der Waals surface area contributed by atoms with Gasteiger partial charge in [0, 0.05) is 12.6 Å². The first-order valence-corrected chi connectivity index (χ1v) is 6.33. The third-order valence-electron chi connectivity index (χ3n) is 3.45. The first kappa shape index (κ1) is 13.0. The lowest BCUT2D eigenvalue weighted by Crippen LogP contribution is -2.47. The molecule has 0 spiro atoms. The van der Waals surface area contributed by atoms with Crippen molar-refractivity contribution in [2.24, 2.45) is 5.41 Å². The average Bonchev–Trinajstić information content (AvgIpc) is 2.13. The number of hydrogen-bond acceptors (Lipinski definition) is 2. The van der Waals surface area contributed by atoms with E-state index in [1.807, 2.05) is 6.92 Å². The summed E-state index contributed by atoms with van der Waals surface area (Å²) in [5.74, 6) is 0. The van der Waals surface area contributed by atoms with Gasteiger partial charge >= 0.3 is 0 Å². The van der Waals surface area contributed by atoms with Crippen LogP contribution in [0, 0.1) is 5.41 Å². The molecule has 1 fully saturated rings. The number of likely N-dealkylation sites (tertiary alicyclic amines) is 1. The third kappa shape index (κ3) is 4.12. The van der Waals surface area contributed by atoms with Gasteiger partial charge < -0.3 is 5.11 Å². The Morgan fingerprint density at radius 1 is 1.33 bits per heavy atom. The molecule has 1 aliphatic rings. The van der Waals surface area contributed by atoms with Gasteiger partial charge in [0.05, 0.1) is 6.10 Å². The second kappa shape index (κ2) is 5.31. The summed E-state index contributed by atoms with van der Waals surface area (Å²) in [5.41, 5.74) is 0.374. The van der Waals surface area contributed by atoms with E-state index in [0.29, 0.717) is 11.5 Å². The Kier molecular flexibility index (Phi) is 4.60. The SMILES string of the molecule is CC(O)CCN1CCCCC1C(C)(C)C. The highest BCUT2D eigenvalue weighted by molar-refractivity contribution is 4.86. The van der Waals surface area contributed by atoms with Gasteiger partial charge in [-0.2, -0.15) is 0 Å². The molecule has 90 valence electrons. The van der Waals surface area contributed by atoms with Crippen molar-refractivity contribution >= 4 is 0 Å². The van der Waals surface area contributed by atoms with Gasteiger partial charge in [-0.15, -0.1) is 0 Å². The van der Waals surface area contributed by atoms with Gasteiger partial charge in [0.1, 0.15) is 0 Å². The molecule has 1 aliphatic heterocycles. The maximum atomic E-state index is 9.35. The molecule has 2 atom stereocenters. The lowest BCUT2D eigenvalue weighted by molar-refractivity contribution is 0.0501. The fraction of sp³-hybridized carbons (Fsp3) is 1.00. The van der Waals surface area contributed by atoms with Crippen LogP contribution in [0.15, 0.2) is 0 Å². The maximum Gasteiger partial charge on any atom is 0.0524 e. The molecule has 0 bridgehead atoms. The van der Waals surface area contributed by atoms with Gasteiger partial charge in [0.25, 0.3) is 0 Å². The Balaban J connectivity index is 2.50. The van der Waals surface area contributed by atoms with E-state index >= 15 is 0 Å². The van der Waals surface area contributed by atoms with Crippen molar-refractivity contribution in [3.8, 4) is 0 Å². The zero-order valence-corrected chi connectivity index (χ0v) is 10.8. The predicted molar refractivity (Wildman–Crippen MR) is 65.0 cm³/mol. The van der Waals surface area contributed by atoms with Crippen LogP contribution >= 0.6 is 0 Å². The summed E-state index contributed by atoms with van der Waals surface area (Å²) in [6, 6.07) is 0.699. The highest BCUT2D eigenvalue weighted by Gasteiger charge is 2.31. The molecule has 0 amide bonds. The molecule has 1 N–H and O–H groups in total. The van der Waals surface area contributed by atoms with E-state index < -0.39 is 0 Å². The number of hydrogen-bond donors (Lipinski definition) is 1. The molecular formula is C13H27NO. The van der Waals surface area contributed by atoms with Crippen molar-refractivity contribution in [1.29, 1.82) is 0 Å². The molecule has 2 unspecified atom stereocenters. The zero-order chi connectivity index (χ0) is 11.5. The first-order chi connectivity index (χ1) is 6.91. The minimum atomic E-state index is -0.160. The lowest BCUT2D eigenvalue weighted by Gasteiger charge is -2.43. The summed E-state index contributed by atoms with van der Waals surface area (Å²) in [7, 11) is 0. The molecule has 1 saturated heterocycles. The summed E-state index contributed by atoms with van der Waals surface area (Å²) < 4.78 is 0. The van der Waals surface area contributed by atoms with Gasteiger partial charge in [0.15, 0.2) is 0 Å². The Bertz CT molecular complexity index is 183. The van der Waals surface area contributed by atoms with Crippen LogP contribution in [0.4, 0.5) is 0 Å². The van der Waals surface area contributed by atoms with E-state index in [1.165, 1.54) is 25.8 Å². The first-order valence-electron chi connectivity index (χ1n) is 6.33. The largest absolute Gasteiger partial charge is 0.393 e. The minimum absolute atomic E-state index is 0.160. The number of piperidine rings is 1. The molecule has 15 heavy (non-hydrogen) atoms. The molecule has 1 heterocycles. The Hall–Kier alpha value is -0.0800. The van der Waals surface area contributed by atoms with Crippen molar-refractivity contribution in [3.63, 3.8) is 0 Å². The molecule has 0 aromatic rings. The van der Waals surface area contributed by atoms with E-state index in [9.17, 15) is 5.11 Å². The molecule has 0 aromatic heterocycles. The lowest BCUT2D eigenvalue weighted by atomic mass is 9.80. The summed E-state index contributed by atoms with van der Waals surface area (Å²) in [6.45, 7) is 11.2.